The molecule has 1 unspecified atom stereocenters. The van der Waals surface area contributed by atoms with Gasteiger partial charge in [0.2, 0.25) is 0 Å². The van der Waals surface area contributed by atoms with Gasteiger partial charge in [0.15, 0.2) is 14.0 Å². The molecule has 0 aliphatic heterocycles. The lowest BCUT2D eigenvalue weighted by atomic mass is 10.1. The topological polar surface area (TPSA) is 114 Å². The number of nitrogens with two attached hydrogens (primary N) is 1. The predicted molar refractivity (Wildman–Crippen MR) is 127 cm³/mol. The van der Waals surface area contributed by atoms with Crippen molar-refractivity contribution in [2.24, 2.45) is 5.73 Å². The summed E-state index contributed by atoms with van der Waals surface area (Å²) in [7, 11) is -2.04. The number of carbonyl (C=O) groups excluding carboxylic acids is 2. The number of nitrogens with zero attached hydrogens (tertiary/aromatic N) is 2. The highest BCUT2D eigenvalue weighted by Crippen LogP contribution is 2.37. The number of rotatable bonds is 9. The van der Waals surface area contributed by atoms with Crippen molar-refractivity contribution in [2.45, 2.75) is 58.8 Å². The molecule has 0 fully saturated rings. The molecule has 0 aromatic carbocycles. The first-order chi connectivity index (χ1) is 14.9. The zero-order valence-corrected chi connectivity index (χ0v) is 21.7. The summed E-state index contributed by atoms with van der Waals surface area (Å²) in [5.74, 6) is -1.01. The number of carbonyl (C=O) groups is 2. The van der Waals surface area contributed by atoms with Gasteiger partial charge in [-0.25, -0.2) is 19.6 Å². The molecule has 176 valence electrons. The third-order valence-corrected chi connectivity index (χ3v) is 10.8. The summed E-state index contributed by atoms with van der Waals surface area (Å²) in [5.41, 5.74) is 8.01. The van der Waals surface area contributed by atoms with Crippen LogP contribution in [-0.4, -0.2) is 50.0 Å². The van der Waals surface area contributed by atoms with Gasteiger partial charge in [0, 0.05) is 10.9 Å². The molecular formula is C22H33N3O5SSi. The monoisotopic (exact) mass is 479 g/mol. The molecule has 2 heterocycles. The van der Waals surface area contributed by atoms with Gasteiger partial charge in [0.05, 0.1) is 31.6 Å². The Morgan fingerprint density at radius 1 is 1.06 bits per heavy atom. The van der Waals surface area contributed by atoms with Gasteiger partial charge in [-0.1, -0.05) is 20.8 Å². The maximum absolute atomic E-state index is 12.3. The molecule has 0 amide bonds. The highest BCUT2D eigenvalue weighted by atomic mass is 32.1. The smallest absolute Gasteiger partial charge is 0.357 e. The number of pyridine rings is 1. The Morgan fingerprint density at radius 3 is 2.22 bits per heavy atom. The minimum Gasteiger partial charge on any atom is -0.461 e. The third-order valence-electron chi connectivity index (χ3n) is 5.41. The van der Waals surface area contributed by atoms with E-state index in [0.29, 0.717) is 16.3 Å². The molecule has 0 radical (unpaired) electrons. The molecule has 2 N–H and O–H groups in total. The molecular weight excluding hydrogens is 446 g/mol. The standard InChI is InChI=1S/C22H33N3O5SSi/c1-8-28-20(26)16-11-10-14(19-25-17(13-31-19)21(27)29-9-2)18(24-16)15(23)12-30-32(6,7)22(3,4)5/h10-11,13,15H,8-9,12,23H2,1-7H3. The second-order valence-electron chi connectivity index (χ2n) is 8.79. The Balaban J connectivity index is 2.42. The quantitative estimate of drug-likeness (QED) is 0.411. The fourth-order valence-corrected chi connectivity index (χ4v) is 4.40. The van der Waals surface area contributed by atoms with Gasteiger partial charge in [-0.15, -0.1) is 11.3 Å². The largest absolute Gasteiger partial charge is 0.461 e. The average molecular weight is 480 g/mol. The van der Waals surface area contributed by atoms with Crippen LogP contribution < -0.4 is 5.73 Å². The molecule has 32 heavy (non-hydrogen) atoms. The Hall–Kier alpha value is -2.14. The maximum atomic E-state index is 12.3. The van der Waals surface area contributed by atoms with Crippen LogP contribution in [0.1, 0.15) is 67.3 Å². The van der Waals surface area contributed by atoms with E-state index in [1.54, 1.807) is 31.4 Å². The lowest BCUT2D eigenvalue weighted by molar-refractivity contribution is 0.0510. The van der Waals surface area contributed by atoms with Crippen LogP contribution in [-0.2, 0) is 13.9 Å². The molecule has 1 atom stereocenters. The molecule has 0 spiro atoms. The van der Waals surface area contributed by atoms with E-state index in [1.165, 1.54) is 11.3 Å². The molecule has 0 aliphatic carbocycles. The highest BCUT2D eigenvalue weighted by Gasteiger charge is 2.37. The van der Waals surface area contributed by atoms with Gasteiger partial charge in [0.25, 0.3) is 0 Å². The summed E-state index contributed by atoms with van der Waals surface area (Å²) in [5, 5.41) is 2.22. The number of ether oxygens (including phenoxy) is 2. The summed E-state index contributed by atoms with van der Waals surface area (Å²) in [6, 6.07) is 2.71. The number of hydrogen-bond donors (Lipinski definition) is 1. The highest BCUT2D eigenvalue weighted by molar-refractivity contribution is 7.13. The van der Waals surface area contributed by atoms with Crippen molar-refractivity contribution in [1.82, 2.24) is 9.97 Å². The van der Waals surface area contributed by atoms with Gasteiger partial charge in [-0.2, -0.15) is 0 Å². The minimum atomic E-state index is -2.04. The predicted octanol–water partition coefficient (Wildman–Crippen LogP) is 4.58. The molecule has 0 aliphatic rings. The van der Waals surface area contributed by atoms with Gasteiger partial charge >= 0.3 is 11.9 Å². The number of aromatic nitrogens is 2. The van der Waals surface area contributed by atoms with Gasteiger partial charge in [-0.3, -0.25) is 0 Å². The van der Waals surface area contributed by atoms with E-state index in [-0.39, 0.29) is 36.2 Å². The van der Waals surface area contributed by atoms with E-state index in [2.05, 4.69) is 43.8 Å². The number of esters is 2. The zero-order valence-electron chi connectivity index (χ0n) is 19.9. The summed E-state index contributed by atoms with van der Waals surface area (Å²) in [6.07, 6.45) is 0. The van der Waals surface area contributed by atoms with Gasteiger partial charge in [-0.05, 0) is 44.1 Å². The molecule has 8 nitrogen and oxygen atoms in total. The Kier molecular flexibility index (Phi) is 8.69. The van der Waals surface area contributed by atoms with Crippen molar-refractivity contribution in [3.63, 3.8) is 0 Å². The third kappa shape index (κ3) is 6.22. The fraction of sp³-hybridized carbons (Fsp3) is 0.545. The first-order valence-electron chi connectivity index (χ1n) is 10.6. The maximum Gasteiger partial charge on any atom is 0.357 e. The lowest BCUT2D eigenvalue weighted by Gasteiger charge is -2.37. The summed E-state index contributed by atoms with van der Waals surface area (Å²) in [6.45, 7) is 15.0. The van der Waals surface area contributed by atoms with Crippen molar-refractivity contribution < 1.29 is 23.5 Å². The number of hydrogen-bond acceptors (Lipinski definition) is 9. The second kappa shape index (κ2) is 10.6. The van der Waals surface area contributed by atoms with Crippen LogP contribution >= 0.6 is 11.3 Å². The van der Waals surface area contributed by atoms with Crippen LogP contribution in [0.15, 0.2) is 17.5 Å². The van der Waals surface area contributed by atoms with Crippen LogP contribution in [0, 0.1) is 0 Å². The van der Waals surface area contributed by atoms with E-state index >= 15 is 0 Å². The molecule has 0 bridgehead atoms. The van der Waals surface area contributed by atoms with Crippen molar-refractivity contribution in [1.29, 1.82) is 0 Å². The average Bonchev–Trinajstić information content (AvgIpc) is 3.21. The molecule has 0 saturated heterocycles. The van der Waals surface area contributed by atoms with E-state index in [0.717, 1.165) is 0 Å². The first-order valence-corrected chi connectivity index (χ1v) is 14.4. The van der Waals surface area contributed by atoms with Crippen molar-refractivity contribution in [3.05, 3.63) is 34.6 Å². The van der Waals surface area contributed by atoms with Crippen molar-refractivity contribution in [2.75, 3.05) is 19.8 Å². The van der Waals surface area contributed by atoms with E-state index in [1.807, 2.05) is 0 Å². The molecule has 0 saturated carbocycles. The van der Waals surface area contributed by atoms with E-state index < -0.39 is 26.3 Å². The number of thiazole rings is 1. The van der Waals surface area contributed by atoms with E-state index in [4.69, 9.17) is 19.6 Å². The molecule has 2 rings (SSSR count). The van der Waals surface area contributed by atoms with Gasteiger partial charge in [0.1, 0.15) is 10.7 Å². The fourth-order valence-electron chi connectivity index (χ4n) is 2.55. The Morgan fingerprint density at radius 2 is 1.66 bits per heavy atom. The molecule has 10 heteroatoms. The lowest BCUT2D eigenvalue weighted by Crippen LogP contribution is -2.42. The molecule has 2 aromatic rings. The van der Waals surface area contributed by atoms with Crippen LogP contribution in [0.25, 0.3) is 10.6 Å². The second-order valence-corrected chi connectivity index (χ2v) is 14.5. The SMILES string of the molecule is CCOC(=O)c1csc(-c2ccc(C(=O)OCC)nc2C(N)CO[Si](C)(C)C(C)(C)C)n1. The van der Waals surface area contributed by atoms with E-state index in [9.17, 15) is 9.59 Å². The summed E-state index contributed by atoms with van der Waals surface area (Å²) >= 11 is 1.28. The van der Waals surface area contributed by atoms with Gasteiger partial charge < -0.3 is 19.6 Å². The summed E-state index contributed by atoms with van der Waals surface area (Å²) < 4.78 is 16.4. The Labute approximate surface area is 194 Å². The van der Waals surface area contributed by atoms with Crippen LogP contribution in [0.5, 0.6) is 0 Å². The Bertz CT molecular complexity index is 955. The first kappa shape index (κ1) is 26.1. The van der Waals surface area contributed by atoms with Crippen LogP contribution in [0.4, 0.5) is 0 Å². The van der Waals surface area contributed by atoms with Crippen LogP contribution in [0.3, 0.4) is 0 Å². The van der Waals surface area contributed by atoms with Crippen molar-refractivity contribution >= 4 is 31.6 Å². The zero-order chi connectivity index (χ0) is 24.1. The van der Waals surface area contributed by atoms with Crippen LogP contribution in [0.2, 0.25) is 18.1 Å². The summed E-state index contributed by atoms with van der Waals surface area (Å²) in [4.78, 5) is 33.2. The van der Waals surface area contributed by atoms with Crippen molar-refractivity contribution in [3.8, 4) is 10.6 Å². The normalized spacial score (nSPS) is 13.0. The minimum absolute atomic E-state index is 0.0274. The molecule has 2 aromatic heterocycles.